The largest absolute Gasteiger partial charge is 2.00 e. The van der Waals surface area contributed by atoms with Crippen molar-refractivity contribution in [1.82, 2.24) is 15.6 Å². The fraction of sp³-hybridized carbons (Fsp3) is 0.647. The summed E-state index contributed by atoms with van der Waals surface area (Å²) in [4.78, 5) is 7.97. The SMILES string of the molecule is CC1=NCCCNCCCNC(C)(C)C1.[Ni+2].[O-][Cl+3]([O-])([O-])[O-].[O-]c1cccc(Cl)n1. The van der Waals surface area contributed by atoms with Crippen molar-refractivity contribution in [1.29, 1.82) is 0 Å². The van der Waals surface area contributed by atoms with Gasteiger partial charge in [0.15, 0.2) is 0 Å². The van der Waals surface area contributed by atoms with E-state index in [2.05, 4.69) is 41.4 Å². The molecule has 0 aromatic carbocycles. The van der Waals surface area contributed by atoms with Crippen molar-refractivity contribution < 1.29 is 50.5 Å². The van der Waals surface area contributed by atoms with Crippen molar-refractivity contribution in [3.8, 4) is 5.88 Å². The van der Waals surface area contributed by atoms with Gasteiger partial charge in [0.1, 0.15) is 5.15 Å². The molecule has 0 aliphatic carbocycles. The second-order valence-corrected chi connectivity index (χ2v) is 7.88. The van der Waals surface area contributed by atoms with E-state index in [1.807, 2.05) is 0 Å². The smallest absolute Gasteiger partial charge is 0.859 e. The minimum Gasteiger partial charge on any atom is -0.859 e. The van der Waals surface area contributed by atoms with Gasteiger partial charge in [0.2, 0.25) is 0 Å². The third-order valence-electron chi connectivity index (χ3n) is 3.41. The molecule has 1 aliphatic rings. The number of aliphatic imine (C=N–C) groups is 1. The molecule has 0 fully saturated rings. The van der Waals surface area contributed by atoms with E-state index < -0.39 is 10.2 Å². The van der Waals surface area contributed by atoms with E-state index in [0.717, 1.165) is 39.0 Å². The Morgan fingerprint density at radius 1 is 1.07 bits per heavy atom. The van der Waals surface area contributed by atoms with Crippen molar-refractivity contribution in [2.24, 2.45) is 4.99 Å². The zero-order valence-corrected chi connectivity index (χ0v) is 19.2. The molecule has 2 heterocycles. The molecule has 0 spiro atoms. The van der Waals surface area contributed by atoms with Crippen LogP contribution in [0, 0.1) is 10.2 Å². The van der Waals surface area contributed by atoms with Crippen LogP contribution in [-0.2, 0) is 16.5 Å². The summed E-state index contributed by atoms with van der Waals surface area (Å²) in [7, 11) is -4.94. The summed E-state index contributed by atoms with van der Waals surface area (Å²) in [6.07, 6.45) is 3.42. The monoisotopic (exact) mass is 496 g/mol. The van der Waals surface area contributed by atoms with Gasteiger partial charge in [0.25, 0.3) is 0 Å². The van der Waals surface area contributed by atoms with Gasteiger partial charge in [0.05, 0.1) is 0 Å². The summed E-state index contributed by atoms with van der Waals surface area (Å²) in [5.74, 6) is -0.294. The molecule has 0 saturated heterocycles. The van der Waals surface area contributed by atoms with E-state index >= 15 is 0 Å². The van der Waals surface area contributed by atoms with Crippen molar-refractivity contribution in [2.75, 3.05) is 26.2 Å². The molecule has 9 nitrogen and oxygen atoms in total. The Hall–Kier alpha value is -0.546. The number of nitrogens with one attached hydrogen (secondary N) is 2. The molecule has 2 rings (SSSR count). The Morgan fingerprint density at radius 3 is 2.17 bits per heavy atom. The number of nitrogens with zero attached hydrogens (tertiary/aromatic N) is 2. The quantitative estimate of drug-likeness (QED) is 0.296. The summed E-state index contributed by atoms with van der Waals surface area (Å²) >= 11 is 5.33. The van der Waals surface area contributed by atoms with Crippen LogP contribution >= 0.6 is 11.6 Å². The second-order valence-electron chi connectivity index (χ2n) is 6.74. The fourth-order valence-corrected chi connectivity index (χ4v) is 2.54. The molecular formula is C17H28Cl2N4NiO5. The number of hydrogen-bond acceptors (Lipinski definition) is 9. The summed E-state index contributed by atoms with van der Waals surface area (Å²) < 4.78 is 34.0. The van der Waals surface area contributed by atoms with Gasteiger partial charge in [-0.05, 0) is 65.2 Å². The van der Waals surface area contributed by atoms with Crippen molar-refractivity contribution in [2.45, 2.75) is 45.6 Å². The van der Waals surface area contributed by atoms with Crippen LogP contribution in [0.1, 0.15) is 40.0 Å². The third kappa shape index (κ3) is 23.6. The molecule has 12 heteroatoms. The predicted molar refractivity (Wildman–Crippen MR) is 95.5 cm³/mol. The Balaban J connectivity index is 0. The van der Waals surface area contributed by atoms with Gasteiger partial charge in [-0.15, -0.1) is 10.2 Å². The van der Waals surface area contributed by atoms with Gasteiger partial charge in [-0.2, -0.15) is 0 Å². The van der Waals surface area contributed by atoms with E-state index in [9.17, 15) is 5.11 Å². The second kappa shape index (κ2) is 16.2. The zero-order valence-electron chi connectivity index (χ0n) is 16.7. The maximum atomic E-state index is 10.3. The van der Waals surface area contributed by atoms with Crippen LogP contribution in [0.3, 0.4) is 0 Å². The predicted octanol–water partition coefficient (Wildman–Crippen LogP) is -2.36. The molecule has 170 valence electrons. The summed E-state index contributed by atoms with van der Waals surface area (Å²) in [5, 5.41) is 17.6. The van der Waals surface area contributed by atoms with E-state index in [4.69, 9.17) is 30.2 Å². The Bertz CT molecular complexity index is 566. The summed E-state index contributed by atoms with van der Waals surface area (Å²) in [6, 6.07) is 4.48. The van der Waals surface area contributed by atoms with Crippen LogP contribution in [0.25, 0.3) is 0 Å². The molecule has 0 amide bonds. The molecule has 1 aliphatic heterocycles. The summed E-state index contributed by atoms with van der Waals surface area (Å²) in [5.41, 5.74) is 1.46. The standard InChI is InChI=1S/C12H25N3.C5H4ClNO.ClHO4.Ni/c1-11-10-12(2,3)15-9-5-7-13-6-4-8-14-11;6-4-2-1-3-5(8)7-4;2-1(3,4)5;/h13,15H,4-10H2,1-3H3;1-3H,(H,7,8);(H,2,3,4,5);/q;;;+2/p-2. The molecule has 1 aromatic rings. The van der Waals surface area contributed by atoms with Gasteiger partial charge in [-0.3, -0.25) is 9.98 Å². The molecule has 0 saturated carbocycles. The van der Waals surface area contributed by atoms with Crippen LogP contribution in [-0.4, -0.2) is 42.4 Å². The van der Waals surface area contributed by atoms with Crippen molar-refractivity contribution in [3.63, 3.8) is 0 Å². The zero-order chi connectivity index (χ0) is 21.6. The van der Waals surface area contributed by atoms with Gasteiger partial charge in [-0.1, -0.05) is 23.7 Å². The molecule has 1 aromatic heterocycles. The fourth-order valence-electron chi connectivity index (χ4n) is 2.39. The van der Waals surface area contributed by atoms with Crippen molar-refractivity contribution >= 4 is 17.3 Å². The minimum atomic E-state index is -4.94. The first-order valence-corrected chi connectivity index (χ1v) is 10.4. The van der Waals surface area contributed by atoms with E-state index in [1.165, 1.54) is 18.2 Å². The molecule has 29 heavy (non-hydrogen) atoms. The minimum absolute atomic E-state index is 0. The molecule has 0 unspecified atom stereocenters. The Morgan fingerprint density at radius 2 is 1.66 bits per heavy atom. The van der Waals surface area contributed by atoms with Gasteiger partial charge in [-0.25, -0.2) is 18.6 Å². The Labute approximate surface area is 189 Å². The number of rotatable bonds is 0. The maximum Gasteiger partial charge on any atom is 2.00 e. The molecule has 0 bridgehead atoms. The maximum absolute atomic E-state index is 10.3. The van der Waals surface area contributed by atoms with Gasteiger partial charge >= 0.3 is 16.5 Å². The average Bonchev–Trinajstić information content (AvgIpc) is 2.50. The first-order chi connectivity index (χ1) is 12.9. The number of aromatic nitrogens is 1. The van der Waals surface area contributed by atoms with Crippen molar-refractivity contribution in [3.05, 3.63) is 23.4 Å². The first-order valence-electron chi connectivity index (χ1n) is 8.76. The number of hydrogen-bond donors (Lipinski definition) is 2. The molecular weight excluding hydrogens is 470 g/mol. The van der Waals surface area contributed by atoms with Crippen LogP contribution in [0.2, 0.25) is 5.15 Å². The van der Waals surface area contributed by atoms with E-state index in [1.54, 1.807) is 12.1 Å². The summed E-state index contributed by atoms with van der Waals surface area (Å²) in [6.45, 7) is 10.9. The van der Waals surface area contributed by atoms with Crippen LogP contribution in [0.15, 0.2) is 23.2 Å². The van der Waals surface area contributed by atoms with Gasteiger partial charge in [0, 0.05) is 24.2 Å². The Kier molecular flexibility index (Phi) is 17.1. The van der Waals surface area contributed by atoms with E-state index in [-0.39, 0.29) is 33.1 Å². The van der Waals surface area contributed by atoms with E-state index in [0.29, 0.717) is 0 Å². The topological polar surface area (TPSA) is 165 Å². The molecule has 2 N–H and O–H groups in total. The number of halogens is 2. The van der Waals surface area contributed by atoms with Gasteiger partial charge < -0.3 is 15.7 Å². The molecule has 0 radical (unpaired) electrons. The van der Waals surface area contributed by atoms with Crippen LogP contribution in [0.5, 0.6) is 5.88 Å². The normalized spacial score (nSPS) is 17.4. The van der Waals surface area contributed by atoms with Crippen LogP contribution in [0.4, 0.5) is 0 Å². The third-order valence-corrected chi connectivity index (χ3v) is 3.63. The average molecular weight is 498 g/mol. The first kappa shape index (κ1) is 30.6. The molecule has 0 atom stereocenters. The van der Waals surface area contributed by atoms with Crippen LogP contribution < -0.4 is 34.4 Å². The number of pyridine rings is 1.